The zero-order valence-corrected chi connectivity index (χ0v) is 8.48. The van der Waals surface area contributed by atoms with Gasteiger partial charge in [-0.2, -0.15) is 0 Å². The molecule has 12 heavy (non-hydrogen) atoms. The Labute approximate surface area is 81.8 Å². The third-order valence-corrected chi connectivity index (χ3v) is 2.31. The van der Waals surface area contributed by atoms with Crippen molar-refractivity contribution in [2.45, 2.75) is 6.92 Å². The van der Waals surface area contributed by atoms with E-state index in [4.69, 9.17) is 16.1 Å². The van der Waals surface area contributed by atoms with Crippen LogP contribution in [0.15, 0.2) is 15.2 Å². The first-order chi connectivity index (χ1) is 5.68. The molecule has 0 aliphatic carbocycles. The van der Waals surface area contributed by atoms with Gasteiger partial charge in [0.05, 0.1) is 5.39 Å². The number of aryl methyl sites for hydroxylation is 1. The fourth-order valence-corrected chi connectivity index (χ4v) is 1.89. The van der Waals surface area contributed by atoms with Crippen molar-refractivity contribution in [1.29, 1.82) is 0 Å². The summed E-state index contributed by atoms with van der Waals surface area (Å²) in [4.78, 5) is 4.07. The molecule has 0 bridgehead atoms. The standard InChI is InChI=1S/C7H4BrClN2O/c1-3-2-4-5(7(9)10-3)6(8)11-12-4/h2H,1H3. The number of rotatable bonds is 0. The fourth-order valence-electron chi connectivity index (χ4n) is 1.00. The van der Waals surface area contributed by atoms with Gasteiger partial charge in [0.25, 0.3) is 0 Å². The predicted molar refractivity (Wildman–Crippen MR) is 49.3 cm³/mol. The average Bonchev–Trinajstić information content (AvgIpc) is 2.31. The Hall–Kier alpha value is -0.610. The minimum absolute atomic E-state index is 0.415. The highest BCUT2D eigenvalue weighted by atomic mass is 79.9. The van der Waals surface area contributed by atoms with E-state index < -0.39 is 0 Å². The van der Waals surface area contributed by atoms with E-state index in [1.165, 1.54) is 0 Å². The molecule has 0 fully saturated rings. The first-order valence-electron chi connectivity index (χ1n) is 3.26. The lowest BCUT2D eigenvalue weighted by atomic mass is 10.3. The number of fused-ring (bicyclic) bond motifs is 1. The summed E-state index contributed by atoms with van der Waals surface area (Å²) < 4.78 is 5.58. The van der Waals surface area contributed by atoms with E-state index in [0.717, 1.165) is 11.1 Å². The summed E-state index contributed by atoms with van der Waals surface area (Å²) in [7, 11) is 0. The van der Waals surface area contributed by atoms with Crippen molar-refractivity contribution < 1.29 is 4.52 Å². The molecule has 0 amide bonds. The highest BCUT2D eigenvalue weighted by Crippen LogP contribution is 2.28. The topological polar surface area (TPSA) is 38.9 Å². The van der Waals surface area contributed by atoms with Crippen LogP contribution in [-0.4, -0.2) is 10.1 Å². The number of hydrogen-bond acceptors (Lipinski definition) is 3. The number of nitrogens with zero attached hydrogens (tertiary/aromatic N) is 2. The van der Waals surface area contributed by atoms with Gasteiger partial charge in [-0.15, -0.1) is 0 Å². The second-order valence-corrected chi connectivity index (χ2v) is 3.51. The molecule has 0 unspecified atom stereocenters. The third-order valence-electron chi connectivity index (χ3n) is 1.50. The molecular formula is C7H4BrClN2O. The lowest BCUT2D eigenvalue weighted by Crippen LogP contribution is -1.81. The van der Waals surface area contributed by atoms with Gasteiger partial charge in [0.15, 0.2) is 10.2 Å². The van der Waals surface area contributed by atoms with Crippen LogP contribution in [0.5, 0.6) is 0 Å². The first kappa shape index (κ1) is 8.01. The summed E-state index contributed by atoms with van der Waals surface area (Å²) in [5, 5.41) is 4.85. The van der Waals surface area contributed by atoms with Gasteiger partial charge in [0, 0.05) is 11.8 Å². The van der Waals surface area contributed by atoms with Crippen LogP contribution in [0.25, 0.3) is 11.0 Å². The maximum atomic E-state index is 5.87. The van der Waals surface area contributed by atoms with Crippen molar-refractivity contribution in [3.8, 4) is 0 Å². The Bertz CT molecular complexity index is 440. The fraction of sp³-hybridized carbons (Fsp3) is 0.143. The summed E-state index contributed by atoms with van der Waals surface area (Å²) in [6, 6.07) is 1.79. The van der Waals surface area contributed by atoms with Gasteiger partial charge in [0.1, 0.15) is 5.15 Å². The molecule has 2 aromatic rings. The number of hydrogen-bond donors (Lipinski definition) is 0. The van der Waals surface area contributed by atoms with Crippen molar-refractivity contribution in [3.05, 3.63) is 21.5 Å². The Morgan fingerprint density at radius 3 is 3.08 bits per heavy atom. The molecule has 2 aromatic heterocycles. The molecule has 0 saturated heterocycles. The molecule has 0 aliphatic rings. The highest BCUT2D eigenvalue weighted by molar-refractivity contribution is 9.10. The molecule has 2 rings (SSSR count). The van der Waals surface area contributed by atoms with E-state index in [1.54, 1.807) is 6.07 Å². The van der Waals surface area contributed by atoms with Crippen LogP contribution in [-0.2, 0) is 0 Å². The number of aromatic nitrogens is 2. The van der Waals surface area contributed by atoms with E-state index in [-0.39, 0.29) is 0 Å². The minimum Gasteiger partial charge on any atom is -0.355 e. The van der Waals surface area contributed by atoms with Crippen molar-refractivity contribution in [1.82, 2.24) is 10.1 Å². The molecule has 2 heterocycles. The van der Waals surface area contributed by atoms with Gasteiger partial charge in [-0.3, -0.25) is 0 Å². The van der Waals surface area contributed by atoms with Gasteiger partial charge in [0.2, 0.25) is 0 Å². The van der Waals surface area contributed by atoms with Crippen LogP contribution in [0.4, 0.5) is 0 Å². The summed E-state index contributed by atoms with van der Waals surface area (Å²) >= 11 is 9.08. The smallest absolute Gasteiger partial charge is 0.173 e. The SMILES string of the molecule is Cc1cc2onc(Br)c2c(Cl)n1. The second kappa shape index (κ2) is 2.71. The summed E-state index contributed by atoms with van der Waals surface area (Å²) in [5.74, 6) is 0. The van der Waals surface area contributed by atoms with Gasteiger partial charge in [-0.1, -0.05) is 16.8 Å². The zero-order chi connectivity index (χ0) is 8.72. The van der Waals surface area contributed by atoms with Crippen LogP contribution in [0.3, 0.4) is 0 Å². The Morgan fingerprint density at radius 1 is 1.58 bits per heavy atom. The highest BCUT2D eigenvalue weighted by Gasteiger charge is 2.10. The molecule has 0 atom stereocenters. The van der Waals surface area contributed by atoms with Crippen LogP contribution in [0, 0.1) is 6.92 Å². The van der Waals surface area contributed by atoms with Gasteiger partial charge < -0.3 is 4.52 Å². The summed E-state index contributed by atoms with van der Waals surface area (Å²) in [5.41, 5.74) is 1.47. The molecule has 0 saturated carbocycles. The maximum absolute atomic E-state index is 5.87. The molecule has 0 spiro atoms. The normalized spacial score (nSPS) is 10.9. The minimum atomic E-state index is 0.415. The second-order valence-electron chi connectivity index (χ2n) is 2.40. The monoisotopic (exact) mass is 246 g/mol. The molecule has 3 nitrogen and oxygen atoms in total. The average molecular weight is 247 g/mol. The molecule has 0 N–H and O–H groups in total. The van der Waals surface area contributed by atoms with Crippen molar-refractivity contribution in [2.75, 3.05) is 0 Å². The van der Waals surface area contributed by atoms with Crippen LogP contribution < -0.4 is 0 Å². The largest absolute Gasteiger partial charge is 0.355 e. The molecule has 5 heteroatoms. The quantitative estimate of drug-likeness (QED) is 0.672. The number of halogens is 2. The molecule has 0 aromatic carbocycles. The van der Waals surface area contributed by atoms with Gasteiger partial charge >= 0.3 is 0 Å². The van der Waals surface area contributed by atoms with Gasteiger partial charge in [-0.25, -0.2) is 4.98 Å². The summed E-state index contributed by atoms with van der Waals surface area (Å²) in [6.07, 6.45) is 0. The van der Waals surface area contributed by atoms with Crippen LogP contribution in [0.2, 0.25) is 5.15 Å². The van der Waals surface area contributed by atoms with Crippen molar-refractivity contribution in [3.63, 3.8) is 0 Å². The van der Waals surface area contributed by atoms with E-state index in [9.17, 15) is 0 Å². The third kappa shape index (κ3) is 1.11. The maximum Gasteiger partial charge on any atom is 0.173 e. The molecule has 0 radical (unpaired) electrons. The summed E-state index contributed by atoms with van der Waals surface area (Å²) in [6.45, 7) is 1.85. The van der Waals surface area contributed by atoms with E-state index in [1.807, 2.05) is 6.92 Å². The lowest BCUT2D eigenvalue weighted by Gasteiger charge is -1.93. The number of pyridine rings is 1. The lowest BCUT2D eigenvalue weighted by molar-refractivity contribution is 0.451. The van der Waals surface area contributed by atoms with E-state index >= 15 is 0 Å². The predicted octanol–water partition coefficient (Wildman–Crippen LogP) is 2.95. The van der Waals surface area contributed by atoms with Crippen LogP contribution in [0.1, 0.15) is 5.69 Å². The van der Waals surface area contributed by atoms with Crippen LogP contribution >= 0.6 is 27.5 Å². The molecule has 62 valence electrons. The zero-order valence-electron chi connectivity index (χ0n) is 6.14. The molecule has 0 aliphatic heterocycles. The van der Waals surface area contributed by atoms with Crippen molar-refractivity contribution >= 4 is 38.5 Å². The molecular weight excluding hydrogens is 243 g/mol. The Kier molecular flexibility index (Phi) is 1.81. The Balaban J connectivity index is 2.93. The van der Waals surface area contributed by atoms with E-state index in [0.29, 0.717) is 15.3 Å². The Morgan fingerprint density at radius 2 is 2.33 bits per heavy atom. The van der Waals surface area contributed by atoms with E-state index in [2.05, 4.69) is 26.1 Å². The first-order valence-corrected chi connectivity index (χ1v) is 4.43. The van der Waals surface area contributed by atoms with Crippen molar-refractivity contribution in [2.24, 2.45) is 0 Å². The van der Waals surface area contributed by atoms with Gasteiger partial charge in [-0.05, 0) is 22.9 Å².